The molecule has 1 aliphatic heterocycles. The molecule has 0 atom stereocenters. The Balaban J connectivity index is 2.05. The van der Waals surface area contributed by atoms with Crippen LogP contribution in [0.15, 0.2) is 42.5 Å². The molecule has 5 nitrogen and oxygen atoms in total. The molecular formula is C16H17N3O2. The molecule has 21 heavy (non-hydrogen) atoms. The molecule has 0 unspecified atom stereocenters. The van der Waals surface area contributed by atoms with Gasteiger partial charge in [0.25, 0.3) is 5.91 Å². The minimum Gasteiger partial charge on any atom is -0.474 e. The molecule has 5 heteroatoms. The van der Waals surface area contributed by atoms with Crippen LogP contribution in [0.5, 0.6) is 5.75 Å². The highest BCUT2D eigenvalue weighted by atomic mass is 16.5. The van der Waals surface area contributed by atoms with Gasteiger partial charge in [-0.05, 0) is 31.5 Å². The van der Waals surface area contributed by atoms with Crippen molar-refractivity contribution >= 4 is 17.5 Å². The Labute approximate surface area is 123 Å². The van der Waals surface area contributed by atoms with E-state index in [9.17, 15) is 4.79 Å². The van der Waals surface area contributed by atoms with Crippen LogP contribution in [0, 0.1) is 0 Å². The number of carbonyl (C=O) groups excluding carboxylic acids is 1. The molecule has 2 aromatic rings. The van der Waals surface area contributed by atoms with E-state index in [2.05, 4.69) is 4.98 Å². The first-order chi connectivity index (χ1) is 9.97. The van der Waals surface area contributed by atoms with Gasteiger partial charge in [0.2, 0.25) is 0 Å². The van der Waals surface area contributed by atoms with Crippen LogP contribution in [0.3, 0.4) is 0 Å². The molecule has 0 radical (unpaired) electrons. The number of fused-ring (bicyclic) bond motifs is 1. The van der Waals surface area contributed by atoms with Gasteiger partial charge in [0.1, 0.15) is 5.82 Å². The van der Waals surface area contributed by atoms with E-state index in [0.717, 1.165) is 5.56 Å². The molecule has 0 aliphatic carbocycles. The SMILES string of the molecule is CC1(C)Oc2ccc(N)nc2N(Cc2ccccc2)C1=O. The van der Waals surface area contributed by atoms with E-state index < -0.39 is 5.60 Å². The molecule has 0 saturated heterocycles. The summed E-state index contributed by atoms with van der Waals surface area (Å²) in [5, 5.41) is 0. The number of pyridine rings is 1. The second kappa shape index (κ2) is 4.77. The summed E-state index contributed by atoms with van der Waals surface area (Å²) in [4.78, 5) is 18.5. The largest absolute Gasteiger partial charge is 0.474 e. The second-order valence-electron chi connectivity index (χ2n) is 5.55. The normalized spacial score (nSPS) is 16.3. The summed E-state index contributed by atoms with van der Waals surface area (Å²) < 4.78 is 5.75. The third kappa shape index (κ3) is 2.42. The van der Waals surface area contributed by atoms with Crippen molar-refractivity contribution in [2.45, 2.75) is 26.0 Å². The zero-order chi connectivity index (χ0) is 15.0. The zero-order valence-corrected chi connectivity index (χ0v) is 12.0. The highest BCUT2D eigenvalue weighted by Gasteiger charge is 2.41. The fourth-order valence-corrected chi connectivity index (χ4v) is 2.38. The second-order valence-corrected chi connectivity index (χ2v) is 5.55. The summed E-state index contributed by atoms with van der Waals surface area (Å²) in [5.41, 5.74) is 5.86. The van der Waals surface area contributed by atoms with Gasteiger partial charge in [-0.2, -0.15) is 0 Å². The van der Waals surface area contributed by atoms with Gasteiger partial charge in [0.05, 0.1) is 6.54 Å². The molecule has 0 fully saturated rings. The fourth-order valence-electron chi connectivity index (χ4n) is 2.38. The van der Waals surface area contributed by atoms with Gasteiger partial charge in [0, 0.05) is 0 Å². The number of ether oxygens (including phenoxy) is 1. The highest BCUT2D eigenvalue weighted by molar-refractivity contribution is 6.01. The average molecular weight is 283 g/mol. The molecule has 0 saturated carbocycles. The number of benzene rings is 1. The lowest BCUT2D eigenvalue weighted by molar-refractivity contribution is -0.132. The number of aromatic nitrogens is 1. The maximum atomic E-state index is 12.6. The number of carbonyl (C=O) groups is 1. The van der Waals surface area contributed by atoms with Gasteiger partial charge in [-0.1, -0.05) is 30.3 Å². The van der Waals surface area contributed by atoms with Crippen molar-refractivity contribution in [1.82, 2.24) is 4.98 Å². The number of rotatable bonds is 2. The lowest BCUT2D eigenvalue weighted by atomic mass is 10.0. The van der Waals surface area contributed by atoms with E-state index in [0.29, 0.717) is 23.9 Å². The Morgan fingerprint density at radius 1 is 1.19 bits per heavy atom. The Hall–Kier alpha value is -2.56. The maximum Gasteiger partial charge on any atom is 0.272 e. The molecule has 2 N–H and O–H groups in total. The van der Waals surface area contributed by atoms with Gasteiger partial charge in [0.15, 0.2) is 17.2 Å². The number of anilines is 2. The summed E-state index contributed by atoms with van der Waals surface area (Å²) in [7, 11) is 0. The van der Waals surface area contributed by atoms with E-state index in [1.54, 1.807) is 30.9 Å². The van der Waals surface area contributed by atoms with Gasteiger partial charge in [-0.15, -0.1) is 0 Å². The van der Waals surface area contributed by atoms with Crippen LogP contribution < -0.4 is 15.4 Å². The first-order valence-electron chi connectivity index (χ1n) is 6.79. The van der Waals surface area contributed by atoms with Gasteiger partial charge < -0.3 is 10.5 Å². The van der Waals surface area contributed by atoms with Crippen molar-refractivity contribution in [2.75, 3.05) is 10.6 Å². The minimum atomic E-state index is -0.917. The van der Waals surface area contributed by atoms with Crippen molar-refractivity contribution in [2.24, 2.45) is 0 Å². The average Bonchev–Trinajstić information content (AvgIpc) is 2.46. The summed E-state index contributed by atoms with van der Waals surface area (Å²) >= 11 is 0. The first-order valence-corrected chi connectivity index (χ1v) is 6.79. The van der Waals surface area contributed by atoms with Crippen LogP contribution in [-0.2, 0) is 11.3 Å². The summed E-state index contributed by atoms with van der Waals surface area (Å²) in [6.45, 7) is 3.95. The number of amides is 1. The summed E-state index contributed by atoms with van der Waals surface area (Å²) in [6, 6.07) is 13.2. The van der Waals surface area contributed by atoms with E-state index in [1.165, 1.54) is 0 Å². The molecule has 1 amide bonds. The van der Waals surface area contributed by atoms with E-state index in [-0.39, 0.29) is 5.91 Å². The van der Waals surface area contributed by atoms with Crippen LogP contribution in [-0.4, -0.2) is 16.5 Å². The molecule has 1 aromatic carbocycles. The van der Waals surface area contributed by atoms with Crippen molar-refractivity contribution in [3.05, 3.63) is 48.0 Å². The Bertz CT molecular complexity index is 683. The highest BCUT2D eigenvalue weighted by Crippen LogP contribution is 2.37. The molecule has 1 aliphatic rings. The van der Waals surface area contributed by atoms with Crippen LogP contribution in [0.4, 0.5) is 11.6 Å². The summed E-state index contributed by atoms with van der Waals surface area (Å²) in [6.07, 6.45) is 0. The molecule has 1 aromatic heterocycles. The van der Waals surface area contributed by atoms with Crippen molar-refractivity contribution < 1.29 is 9.53 Å². The number of nitrogens with two attached hydrogens (primary N) is 1. The Morgan fingerprint density at radius 3 is 2.62 bits per heavy atom. The van der Waals surface area contributed by atoms with E-state index >= 15 is 0 Å². The minimum absolute atomic E-state index is 0.128. The van der Waals surface area contributed by atoms with Gasteiger partial charge in [-0.3, -0.25) is 9.69 Å². The number of hydrogen-bond acceptors (Lipinski definition) is 4. The molecule has 0 bridgehead atoms. The predicted octanol–water partition coefficient (Wildman–Crippen LogP) is 2.37. The van der Waals surface area contributed by atoms with E-state index in [1.807, 2.05) is 30.3 Å². The van der Waals surface area contributed by atoms with Crippen LogP contribution in [0.1, 0.15) is 19.4 Å². The molecular weight excluding hydrogens is 266 g/mol. The first kappa shape index (κ1) is 13.4. The van der Waals surface area contributed by atoms with Crippen LogP contribution in [0.25, 0.3) is 0 Å². The standard InChI is InChI=1S/C16H17N3O2/c1-16(2)15(20)19(10-11-6-4-3-5-7-11)14-12(21-16)8-9-13(17)18-14/h3-9H,10H2,1-2H3,(H2,17,18). The maximum absolute atomic E-state index is 12.6. The lowest BCUT2D eigenvalue weighted by Gasteiger charge is -2.37. The monoisotopic (exact) mass is 283 g/mol. The number of nitrogen functional groups attached to an aromatic ring is 1. The fraction of sp³-hybridized carbons (Fsp3) is 0.250. The molecule has 3 rings (SSSR count). The Kier molecular flexibility index (Phi) is 3.05. The van der Waals surface area contributed by atoms with E-state index in [4.69, 9.17) is 10.5 Å². The van der Waals surface area contributed by atoms with Crippen LogP contribution in [0.2, 0.25) is 0 Å². The summed E-state index contributed by atoms with van der Waals surface area (Å²) in [5.74, 6) is 1.28. The van der Waals surface area contributed by atoms with Gasteiger partial charge >= 0.3 is 0 Å². The van der Waals surface area contributed by atoms with Crippen molar-refractivity contribution in [3.8, 4) is 5.75 Å². The molecule has 0 spiro atoms. The number of nitrogens with zero attached hydrogens (tertiary/aromatic N) is 2. The number of hydrogen-bond donors (Lipinski definition) is 1. The topological polar surface area (TPSA) is 68.5 Å². The predicted molar refractivity (Wildman–Crippen MR) is 81.0 cm³/mol. The van der Waals surface area contributed by atoms with Gasteiger partial charge in [-0.25, -0.2) is 4.98 Å². The zero-order valence-electron chi connectivity index (χ0n) is 12.0. The smallest absolute Gasteiger partial charge is 0.272 e. The van der Waals surface area contributed by atoms with Crippen molar-refractivity contribution in [1.29, 1.82) is 0 Å². The quantitative estimate of drug-likeness (QED) is 0.918. The Morgan fingerprint density at radius 2 is 1.90 bits per heavy atom. The third-order valence-electron chi connectivity index (χ3n) is 3.43. The molecule has 2 heterocycles. The van der Waals surface area contributed by atoms with Crippen LogP contribution >= 0.6 is 0 Å². The lowest BCUT2D eigenvalue weighted by Crippen LogP contribution is -2.52. The van der Waals surface area contributed by atoms with Crippen molar-refractivity contribution in [3.63, 3.8) is 0 Å². The molecule has 108 valence electrons. The third-order valence-corrected chi connectivity index (χ3v) is 3.43.